The number of nitriles is 1. The third-order valence-electron chi connectivity index (χ3n) is 3.27. The van der Waals surface area contributed by atoms with E-state index in [-0.39, 0.29) is 0 Å². The maximum Gasteiger partial charge on any atom is 0.152 e. The van der Waals surface area contributed by atoms with Gasteiger partial charge in [0.25, 0.3) is 0 Å². The molecule has 5 heteroatoms. The van der Waals surface area contributed by atoms with Gasteiger partial charge in [-0.3, -0.25) is 4.68 Å². The smallest absolute Gasteiger partial charge is 0.152 e. The van der Waals surface area contributed by atoms with E-state index in [1.165, 1.54) is 0 Å². The lowest BCUT2D eigenvalue weighted by Crippen LogP contribution is -2.02. The molecule has 0 atom stereocenters. The maximum atomic E-state index is 8.98. The van der Waals surface area contributed by atoms with Crippen molar-refractivity contribution in [3.8, 4) is 6.07 Å². The summed E-state index contributed by atoms with van der Waals surface area (Å²) in [5, 5.41) is 16.7. The second-order valence-corrected chi connectivity index (χ2v) is 4.85. The van der Waals surface area contributed by atoms with Gasteiger partial charge in [-0.25, -0.2) is 0 Å². The van der Waals surface area contributed by atoms with E-state index in [0.29, 0.717) is 11.3 Å². The first-order chi connectivity index (χ1) is 9.56. The minimum atomic E-state index is 0.618. The summed E-state index contributed by atoms with van der Waals surface area (Å²) in [6.07, 6.45) is 1.86. The van der Waals surface area contributed by atoms with Crippen LogP contribution in [0.1, 0.15) is 30.2 Å². The summed E-state index contributed by atoms with van der Waals surface area (Å²) >= 11 is 0. The van der Waals surface area contributed by atoms with Crippen LogP contribution in [0, 0.1) is 18.3 Å². The highest BCUT2D eigenvalue weighted by molar-refractivity contribution is 5.73. The van der Waals surface area contributed by atoms with Crippen LogP contribution in [0.4, 0.5) is 17.2 Å². The van der Waals surface area contributed by atoms with Crippen LogP contribution in [0.5, 0.6) is 0 Å². The van der Waals surface area contributed by atoms with Crippen LogP contribution in [0.3, 0.4) is 0 Å². The molecule has 3 N–H and O–H groups in total. The monoisotopic (exact) mass is 269 g/mol. The standard InChI is InChI=1S/C15H19N5/c1-4-5-12-14(17)15(20(3)19-12)18-13-8-11(9-16)7-6-10(13)2/h6-8,18H,4-5,17H2,1-3H3. The molecule has 20 heavy (non-hydrogen) atoms. The van der Waals surface area contributed by atoms with Gasteiger partial charge in [-0.2, -0.15) is 10.4 Å². The highest BCUT2D eigenvalue weighted by Gasteiger charge is 2.13. The van der Waals surface area contributed by atoms with Crippen molar-refractivity contribution in [2.75, 3.05) is 11.1 Å². The number of hydrogen-bond donors (Lipinski definition) is 2. The van der Waals surface area contributed by atoms with Crippen LogP contribution < -0.4 is 11.1 Å². The van der Waals surface area contributed by atoms with Gasteiger partial charge in [-0.15, -0.1) is 0 Å². The van der Waals surface area contributed by atoms with E-state index in [9.17, 15) is 0 Å². The van der Waals surface area contributed by atoms with Crippen molar-refractivity contribution in [1.29, 1.82) is 5.26 Å². The highest BCUT2D eigenvalue weighted by atomic mass is 15.3. The number of nitrogens with zero attached hydrogens (tertiary/aromatic N) is 3. The van der Waals surface area contributed by atoms with Gasteiger partial charge in [0, 0.05) is 12.7 Å². The van der Waals surface area contributed by atoms with E-state index in [1.54, 1.807) is 10.7 Å². The molecule has 0 aliphatic heterocycles. The van der Waals surface area contributed by atoms with Gasteiger partial charge >= 0.3 is 0 Å². The summed E-state index contributed by atoms with van der Waals surface area (Å²) in [6.45, 7) is 4.09. The predicted molar refractivity (Wildman–Crippen MR) is 80.8 cm³/mol. The van der Waals surface area contributed by atoms with Crippen LogP contribution in [0.2, 0.25) is 0 Å². The number of aromatic nitrogens is 2. The van der Waals surface area contributed by atoms with Gasteiger partial charge < -0.3 is 11.1 Å². The van der Waals surface area contributed by atoms with E-state index in [0.717, 1.165) is 35.6 Å². The number of benzene rings is 1. The van der Waals surface area contributed by atoms with Gasteiger partial charge in [0.1, 0.15) is 0 Å². The van der Waals surface area contributed by atoms with E-state index in [4.69, 9.17) is 11.0 Å². The van der Waals surface area contributed by atoms with Crippen molar-refractivity contribution in [3.63, 3.8) is 0 Å². The summed E-state index contributed by atoms with van der Waals surface area (Å²) in [5.41, 5.74) is 10.3. The molecule has 0 spiro atoms. The number of rotatable bonds is 4. The third kappa shape index (κ3) is 2.59. The number of aryl methyl sites for hydroxylation is 3. The molecule has 0 saturated carbocycles. The van der Waals surface area contributed by atoms with Gasteiger partial charge in [0.05, 0.1) is 23.0 Å². The zero-order chi connectivity index (χ0) is 14.7. The lowest BCUT2D eigenvalue weighted by Gasteiger charge is -2.10. The number of nitrogen functional groups attached to an aromatic ring is 1. The first-order valence-corrected chi connectivity index (χ1v) is 6.66. The lowest BCUT2D eigenvalue weighted by atomic mass is 10.1. The Hall–Kier alpha value is -2.48. The van der Waals surface area contributed by atoms with Crippen molar-refractivity contribution in [3.05, 3.63) is 35.0 Å². The van der Waals surface area contributed by atoms with Gasteiger partial charge in [-0.05, 0) is 31.0 Å². The largest absolute Gasteiger partial charge is 0.394 e. The molecule has 1 aromatic heterocycles. The summed E-state index contributed by atoms with van der Waals surface area (Å²) < 4.78 is 1.75. The molecule has 1 aromatic carbocycles. The summed E-state index contributed by atoms with van der Waals surface area (Å²) in [4.78, 5) is 0. The van der Waals surface area contributed by atoms with Crippen LogP contribution in [0.25, 0.3) is 0 Å². The van der Waals surface area contributed by atoms with Crippen LogP contribution in [-0.2, 0) is 13.5 Å². The Labute approximate surface area is 119 Å². The molecule has 0 saturated heterocycles. The average Bonchev–Trinajstić information content (AvgIpc) is 2.69. The second-order valence-electron chi connectivity index (χ2n) is 4.85. The van der Waals surface area contributed by atoms with Crippen LogP contribution in [-0.4, -0.2) is 9.78 Å². The minimum absolute atomic E-state index is 0.618. The molecule has 0 aliphatic rings. The zero-order valence-electron chi connectivity index (χ0n) is 12.1. The van der Waals surface area contributed by atoms with Crippen molar-refractivity contribution < 1.29 is 0 Å². The minimum Gasteiger partial charge on any atom is -0.394 e. The summed E-state index contributed by atoms with van der Waals surface area (Å²) in [7, 11) is 1.86. The Kier molecular flexibility index (Phi) is 3.94. The summed E-state index contributed by atoms with van der Waals surface area (Å²) in [5.74, 6) is 0.770. The van der Waals surface area contributed by atoms with E-state index in [1.807, 2.05) is 26.1 Å². The molecule has 0 unspecified atom stereocenters. The predicted octanol–water partition coefficient (Wildman–Crippen LogP) is 2.88. The Morgan fingerprint density at radius 1 is 1.45 bits per heavy atom. The molecular weight excluding hydrogens is 250 g/mol. The fourth-order valence-electron chi connectivity index (χ4n) is 2.12. The summed E-state index contributed by atoms with van der Waals surface area (Å²) in [6, 6.07) is 7.68. The molecular formula is C15H19N5. The first-order valence-electron chi connectivity index (χ1n) is 6.66. The van der Waals surface area contributed by atoms with Crippen molar-refractivity contribution in [2.45, 2.75) is 26.7 Å². The van der Waals surface area contributed by atoms with Gasteiger partial charge in [0.2, 0.25) is 0 Å². The van der Waals surface area contributed by atoms with Crippen molar-refractivity contribution in [1.82, 2.24) is 9.78 Å². The molecule has 104 valence electrons. The topological polar surface area (TPSA) is 79.7 Å². The number of nitrogens with one attached hydrogen (secondary N) is 1. The molecule has 1 heterocycles. The fourth-order valence-corrected chi connectivity index (χ4v) is 2.12. The van der Waals surface area contributed by atoms with E-state index >= 15 is 0 Å². The quantitative estimate of drug-likeness (QED) is 0.894. The molecule has 2 rings (SSSR count). The molecule has 0 bridgehead atoms. The molecule has 0 radical (unpaired) electrons. The SMILES string of the molecule is CCCc1nn(C)c(Nc2cc(C#N)ccc2C)c1N. The number of nitrogens with two attached hydrogens (primary N) is 1. The molecule has 2 aromatic rings. The van der Waals surface area contributed by atoms with Gasteiger partial charge in [0.15, 0.2) is 5.82 Å². The van der Waals surface area contributed by atoms with Crippen molar-refractivity contribution >= 4 is 17.2 Å². The normalized spacial score (nSPS) is 10.3. The lowest BCUT2D eigenvalue weighted by molar-refractivity contribution is 0.740. The maximum absolute atomic E-state index is 8.98. The van der Waals surface area contributed by atoms with E-state index in [2.05, 4.69) is 23.4 Å². The zero-order valence-corrected chi connectivity index (χ0v) is 12.1. The molecule has 0 fully saturated rings. The number of anilines is 3. The Morgan fingerprint density at radius 3 is 2.85 bits per heavy atom. The first kappa shape index (κ1) is 13.9. The Morgan fingerprint density at radius 2 is 2.20 bits per heavy atom. The van der Waals surface area contributed by atoms with Gasteiger partial charge in [-0.1, -0.05) is 19.4 Å². The molecule has 5 nitrogen and oxygen atoms in total. The molecule has 0 aliphatic carbocycles. The highest BCUT2D eigenvalue weighted by Crippen LogP contribution is 2.28. The Balaban J connectivity index is 2.38. The number of hydrogen-bond acceptors (Lipinski definition) is 4. The average molecular weight is 269 g/mol. The second kappa shape index (κ2) is 5.66. The third-order valence-corrected chi connectivity index (χ3v) is 3.27. The van der Waals surface area contributed by atoms with Crippen LogP contribution in [0.15, 0.2) is 18.2 Å². The van der Waals surface area contributed by atoms with Crippen molar-refractivity contribution in [2.24, 2.45) is 7.05 Å². The molecule has 0 amide bonds. The Bertz CT molecular complexity index is 664. The van der Waals surface area contributed by atoms with Crippen LogP contribution >= 0.6 is 0 Å². The fraction of sp³-hybridized carbons (Fsp3) is 0.333. The van der Waals surface area contributed by atoms with E-state index < -0.39 is 0 Å².